The van der Waals surface area contributed by atoms with Crippen LogP contribution in [-0.2, 0) is 9.53 Å². The largest absolute Gasteiger partial charge is 0.466 e. The number of hydrogen-bond donors (Lipinski definition) is 1. The third-order valence-electron chi connectivity index (χ3n) is 2.36. The summed E-state index contributed by atoms with van der Waals surface area (Å²) in [5.74, 6) is -0.143. The van der Waals surface area contributed by atoms with Crippen LogP contribution in [-0.4, -0.2) is 48.3 Å². The molecule has 1 saturated carbocycles. The Labute approximate surface area is 84.8 Å². The van der Waals surface area contributed by atoms with Gasteiger partial charge in [0.1, 0.15) is 0 Å². The van der Waals surface area contributed by atoms with E-state index in [0.29, 0.717) is 32.2 Å². The fourth-order valence-corrected chi connectivity index (χ4v) is 1.51. The van der Waals surface area contributed by atoms with Crippen molar-refractivity contribution < 1.29 is 14.6 Å². The molecule has 0 aromatic rings. The highest BCUT2D eigenvalue weighted by Crippen LogP contribution is 2.26. The highest BCUT2D eigenvalue weighted by molar-refractivity contribution is 5.69. The van der Waals surface area contributed by atoms with Crippen molar-refractivity contribution in [2.24, 2.45) is 0 Å². The van der Waals surface area contributed by atoms with Crippen LogP contribution in [0.25, 0.3) is 0 Å². The van der Waals surface area contributed by atoms with E-state index >= 15 is 0 Å². The number of carbonyl (C=O) groups is 1. The van der Waals surface area contributed by atoms with Crippen LogP contribution in [0.2, 0.25) is 0 Å². The fourth-order valence-electron chi connectivity index (χ4n) is 1.51. The Kier molecular flexibility index (Phi) is 4.90. The van der Waals surface area contributed by atoms with Gasteiger partial charge in [-0.2, -0.15) is 0 Å². The minimum atomic E-state index is -0.143. The molecular formula is C10H19NO3. The van der Waals surface area contributed by atoms with Crippen LogP contribution in [0.5, 0.6) is 0 Å². The number of nitrogens with zero attached hydrogens (tertiary/aromatic N) is 1. The average Bonchev–Trinajstić information content (AvgIpc) is 2.96. The van der Waals surface area contributed by atoms with Crippen LogP contribution in [0.1, 0.15) is 26.2 Å². The zero-order valence-electron chi connectivity index (χ0n) is 8.74. The summed E-state index contributed by atoms with van der Waals surface area (Å²) in [5.41, 5.74) is 0. The van der Waals surface area contributed by atoms with Gasteiger partial charge in [0, 0.05) is 19.1 Å². The molecule has 4 heteroatoms. The lowest BCUT2D eigenvalue weighted by Gasteiger charge is -2.19. The average molecular weight is 201 g/mol. The maximum absolute atomic E-state index is 11.1. The normalized spacial score (nSPS) is 15.9. The van der Waals surface area contributed by atoms with Crippen molar-refractivity contribution in [3.63, 3.8) is 0 Å². The van der Waals surface area contributed by atoms with Gasteiger partial charge in [-0.15, -0.1) is 0 Å². The van der Waals surface area contributed by atoms with Crippen LogP contribution < -0.4 is 0 Å². The Morgan fingerprint density at radius 1 is 1.50 bits per heavy atom. The molecule has 0 amide bonds. The Morgan fingerprint density at radius 3 is 2.71 bits per heavy atom. The summed E-state index contributed by atoms with van der Waals surface area (Å²) in [6.07, 6.45) is 2.83. The first-order chi connectivity index (χ1) is 6.77. The molecule has 0 saturated heterocycles. The summed E-state index contributed by atoms with van der Waals surface area (Å²) < 4.78 is 4.84. The van der Waals surface area contributed by atoms with Crippen molar-refractivity contribution in [1.82, 2.24) is 4.90 Å². The molecule has 1 rings (SSSR count). The number of hydrogen-bond acceptors (Lipinski definition) is 4. The first-order valence-electron chi connectivity index (χ1n) is 5.28. The summed E-state index contributed by atoms with van der Waals surface area (Å²) in [6.45, 7) is 3.81. The lowest BCUT2D eigenvalue weighted by atomic mass is 10.3. The highest BCUT2D eigenvalue weighted by Gasteiger charge is 2.28. The van der Waals surface area contributed by atoms with E-state index in [2.05, 4.69) is 4.90 Å². The molecule has 4 nitrogen and oxygen atoms in total. The summed E-state index contributed by atoms with van der Waals surface area (Å²) >= 11 is 0. The predicted molar refractivity (Wildman–Crippen MR) is 52.9 cm³/mol. The van der Waals surface area contributed by atoms with Gasteiger partial charge in [-0.25, -0.2) is 0 Å². The Bertz CT molecular complexity index is 180. The molecule has 14 heavy (non-hydrogen) atoms. The van der Waals surface area contributed by atoms with Gasteiger partial charge in [0.2, 0.25) is 0 Å². The third kappa shape index (κ3) is 4.07. The molecule has 0 spiro atoms. The molecule has 82 valence electrons. The van der Waals surface area contributed by atoms with Crippen molar-refractivity contribution in [3.05, 3.63) is 0 Å². The quantitative estimate of drug-likeness (QED) is 0.606. The molecule has 1 N–H and O–H groups in total. The van der Waals surface area contributed by atoms with Crippen molar-refractivity contribution in [1.29, 1.82) is 0 Å². The van der Waals surface area contributed by atoms with Gasteiger partial charge in [0.15, 0.2) is 0 Å². The number of carbonyl (C=O) groups excluding carboxylic acids is 1. The highest BCUT2D eigenvalue weighted by atomic mass is 16.5. The van der Waals surface area contributed by atoms with E-state index in [9.17, 15) is 4.79 Å². The Morgan fingerprint density at radius 2 is 2.21 bits per heavy atom. The van der Waals surface area contributed by atoms with Gasteiger partial charge >= 0.3 is 5.97 Å². The number of esters is 1. The molecule has 0 bridgehead atoms. The maximum atomic E-state index is 11.1. The van der Waals surface area contributed by atoms with E-state index in [-0.39, 0.29) is 12.6 Å². The Balaban J connectivity index is 2.15. The van der Waals surface area contributed by atoms with Gasteiger partial charge in [0.05, 0.1) is 19.6 Å². The monoisotopic (exact) mass is 201 g/mol. The van der Waals surface area contributed by atoms with Crippen LogP contribution in [0, 0.1) is 0 Å². The molecule has 0 aromatic carbocycles. The second-order valence-electron chi connectivity index (χ2n) is 3.55. The fraction of sp³-hybridized carbons (Fsp3) is 0.900. The Hall–Kier alpha value is -0.610. The first-order valence-corrected chi connectivity index (χ1v) is 5.28. The molecule has 1 fully saturated rings. The van der Waals surface area contributed by atoms with Crippen LogP contribution in [0.3, 0.4) is 0 Å². The number of aliphatic hydroxyl groups excluding tert-OH is 1. The van der Waals surface area contributed by atoms with Gasteiger partial charge in [-0.3, -0.25) is 9.69 Å². The first kappa shape index (κ1) is 11.5. The summed E-state index contributed by atoms with van der Waals surface area (Å²) in [5, 5.41) is 8.82. The van der Waals surface area contributed by atoms with Crippen LogP contribution in [0.15, 0.2) is 0 Å². The van der Waals surface area contributed by atoms with Crippen molar-refractivity contribution in [2.75, 3.05) is 26.3 Å². The van der Waals surface area contributed by atoms with Gasteiger partial charge < -0.3 is 9.84 Å². The molecule has 0 aliphatic heterocycles. The number of ether oxygens (including phenoxy) is 1. The van der Waals surface area contributed by atoms with Gasteiger partial charge in [-0.05, 0) is 19.8 Å². The zero-order valence-corrected chi connectivity index (χ0v) is 8.74. The molecular weight excluding hydrogens is 182 g/mol. The standard InChI is InChI=1S/C10H19NO3/c1-2-14-10(13)5-6-11(7-8-12)9-3-4-9/h9,12H,2-8H2,1H3. The van der Waals surface area contributed by atoms with Crippen molar-refractivity contribution in [3.8, 4) is 0 Å². The second-order valence-corrected chi connectivity index (χ2v) is 3.55. The van der Waals surface area contributed by atoms with E-state index < -0.39 is 0 Å². The SMILES string of the molecule is CCOC(=O)CCN(CCO)C1CC1. The third-order valence-corrected chi connectivity index (χ3v) is 2.36. The summed E-state index contributed by atoms with van der Waals surface area (Å²) in [6, 6.07) is 0.594. The van der Waals surface area contributed by atoms with Gasteiger partial charge in [0.25, 0.3) is 0 Å². The summed E-state index contributed by atoms with van der Waals surface area (Å²) in [4.78, 5) is 13.2. The molecule has 0 aromatic heterocycles. The minimum Gasteiger partial charge on any atom is -0.466 e. The maximum Gasteiger partial charge on any atom is 0.307 e. The predicted octanol–water partition coefficient (Wildman–Crippen LogP) is 0.396. The zero-order chi connectivity index (χ0) is 10.4. The van der Waals surface area contributed by atoms with Crippen LogP contribution >= 0.6 is 0 Å². The van der Waals surface area contributed by atoms with E-state index in [0.717, 1.165) is 0 Å². The summed E-state index contributed by atoms with van der Waals surface area (Å²) in [7, 11) is 0. The molecule has 0 heterocycles. The van der Waals surface area contributed by atoms with Crippen LogP contribution in [0.4, 0.5) is 0 Å². The van der Waals surface area contributed by atoms with Crippen molar-refractivity contribution >= 4 is 5.97 Å². The smallest absolute Gasteiger partial charge is 0.307 e. The van der Waals surface area contributed by atoms with E-state index in [4.69, 9.17) is 9.84 Å². The van der Waals surface area contributed by atoms with E-state index in [1.807, 2.05) is 6.92 Å². The molecule has 1 aliphatic carbocycles. The topological polar surface area (TPSA) is 49.8 Å². The van der Waals surface area contributed by atoms with Crippen molar-refractivity contribution in [2.45, 2.75) is 32.2 Å². The second kappa shape index (κ2) is 5.98. The lowest BCUT2D eigenvalue weighted by molar-refractivity contribution is -0.143. The molecule has 0 unspecified atom stereocenters. The van der Waals surface area contributed by atoms with Gasteiger partial charge in [-0.1, -0.05) is 0 Å². The minimum absolute atomic E-state index is 0.143. The van der Waals surface area contributed by atoms with E-state index in [1.165, 1.54) is 12.8 Å². The van der Waals surface area contributed by atoms with E-state index in [1.54, 1.807) is 0 Å². The lowest BCUT2D eigenvalue weighted by Crippen LogP contribution is -2.31. The number of rotatable bonds is 7. The molecule has 0 atom stereocenters. The number of aliphatic hydroxyl groups is 1. The molecule has 0 radical (unpaired) electrons. The molecule has 1 aliphatic rings.